The maximum Gasteiger partial charge on any atom is 0.149 e. The van der Waals surface area contributed by atoms with Crippen molar-refractivity contribution in [1.29, 1.82) is 0 Å². The van der Waals surface area contributed by atoms with Crippen LogP contribution in [-0.4, -0.2) is 19.6 Å². The highest BCUT2D eigenvalue weighted by molar-refractivity contribution is 7.81. The van der Waals surface area contributed by atoms with E-state index in [9.17, 15) is 0 Å². The number of fused-ring (bicyclic) bond motifs is 1. The number of hydrogen-bond donors (Lipinski definition) is 1. The van der Waals surface area contributed by atoms with Crippen molar-refractivity contribution in [2.24, 2.45) is 0 Å². The van der Waals surface area contributed by atoms with Crippen LogP contribution < -0.4 is 0 Å². The van der Waals surface area contributed by atoms with Crippen LogP contribution in [0.3, 0.4) is 0 Å². The van der Waals surface area contributed by atoms with Crippen LogP contribution in [0.25, 0.3) is 27.6 Å². The molecule has 3 bridgehead atoms. The SMILES string of the molecule is CC(S)C1CC2(C)CC(C)(C)c3cc4c(cc32)nc2c3c1cccc3nc(C(C)(C)C)n42. The molecule has 4 aromatic rings. The van der Waals surface area contributed by atoms with Crippen molar-refractivity contribution in [2.45, 2.75) is 88.7 Å². The van der Waals surface area contributed by atoms with Gasteiger partial charge in [-0.25, -0.2) is 9.97 Å². The molecular formula is C28H33N3S. The standard InChI is InChI=1S/C28H33N3S/c1-15(32)17-13-28(7)14-27(5,6)18-12-22-21(11-19(18)28)29-24-23-16(17)9-8-10-20(23)30-25(31(22)24)26(2,3)4/h8-12,15,17,32H,13-14H2,1-7H3. The number of nitrogens with zero attached hydrogens (tertiary/aromatic N) is 3. The Kier molecular flexibility index (Phi) is 3.90. The van der Waals surface area contributed by atoms with Crippen molar-refractivity contribution in [3.05, 3.63) is 52.8 Å². The Balaban J connectivity index is 1.91. The molecule has 32 heavy (non-hydrogen) atoms. The second-order valence-electron chi connectivity index (χ2n) is 12.3. The molecule has 6 rings (SSSR count). The van der Waals surface area contributed by atoms with Gasteiger partial charge in [0.05, 0.1) is 16.6 Å². The Morgan fingerprint density at radius 1 is 1.06 bits per heavy atom. The molecule has 3 atom stereocenters. The average molecular weight is 444 g/mol. The van der Waals surface area contributed by atoms with E-state index in [0.717, 1.165) is 35.3 Å². The molecule has 0 spiro atoms. The molecule has 0 N–H and O–H groups in total. The summed E-state index contributed by atoms with van der Waals surface area (Å²) in [4.78, 5) is 10.6. The van der Waals surface area contributed by atoms with Crippen LogP contribution >= 0.6 is 12.6 Å². The van der Waals surface area contributed by atoms with Gasteiger partial charge < -0.3 is 0 Å². The topological polar surface area (TPSA) is 30.2 Å². The van der Waals surface area contributed by atoms with Gasteiger partial charge in [0, 0.05) is 16.1 Å². The van der Waals surface area contributed by atoms with Gasteiger partial charge in [0.1, 0.15) is 11.5 Å². The van der Waals surface area contributed by atoms with E-state index in [1.165, 1.54) is 27.6 Å². The molecule has 0 fully saturated rings. The van der Waals surface area contributed by atoms with Crippen molar-refractivity contribution < 1.29 is 0 Å². The molecule has 0 saturated heterocycles. The van der Waals surface area contributed by atoms with Gasteiger partial charge in [-0.2, -0.15) is 12.6 Å². The molecule has 3 heterocycles. The lowest BCUT2D eigenvalue weighted by atomic mass is 9.71. The van der Waals surface area contributed by atoms with Crippen LogP contribution in [0.1, 0.15) is 89.7 Å². The van der Waals surface area contributed by atoms with E-state index in [2.05, 4.69) is 83.2 Å². The number of aromatic nitrogens is 3. The normalized spacial score (nSPS) is 25.2. The van der Waals surface area contributed by atoms with Crippen LogP contribution in [0.4, 0.5) is 0 Å². The quantitative estimate of drug-likeness (QED) is 0.319. The monoisotopic (exact) mass is 443 g/mol. The Morgan fingerprint density at radius 3 is 2.50 bits per heavy atom. The number of thiol groups is 1. The maximum atomic E-state index is 5.29. The first-order chi connectivity index (χ1) is 14.9. The second-order valence-corrected chi connectivity index (χ2v) is 13.1. The fourth-order valence-corrected chi connectivity index (χ4v) is 7.08. The Hall–Kier alpha value is -2.07. The molecule has 0 saturated carbocycles. The molecule has 3 nitrogen and oxygen atoms in total. The summed E-state index contributed by atoms with van der Waals surface area (Å²) in [7, 11) is 0. The Morgan fingerprint density at radius 2 is 1.81 bits per heavy atom. The van der Waals surface area contributed by atoms with Crippen LogP contribution in [-0.2, 0) is 16.2 Å². The van der Waals surface area contributed by atoms with Crippen molar-refractivity contribution in [3.63, 3.8) is 0 Å². The van der Waals surface area contributed by atoms with E-state index in [1.807, 2.05) is 0 Å². The minimum atomic E-state index is -0.102. The molecule has 3 unspecified atom stereocenters. The molecule has 2 aliphatic rings. The lowest BCUT2D eigenvalue weighted by molar-refractivity contribution is 0.331. The summed E-state index contributed by atoms with van der Waals surface area (Å²) < 4.78 is 2.36. The lowest BCUT2D eigenvalue weighted by Crippen LogP contribution is -2.27. The average Bonchev–Trinajstić information content (AvgIpc) is 3.15. The van der Waals surface area contributed by atoms with E-state index < -0.39 is 0 Å². The molecule has 2 aromatic heterocycles. The zero-order chi connectivity index (χ0) is 22.8. The van der Waals surface area contributed by atoms with Crippen LogP contribution in [0.15, 0.2) is 30.3 Å². The van der Waals surface area contributed by atoms with Crippen molar-refractivity contribution >= 4 is 40.2 Å². The minimum Gasteiger partial charge on any atom is -0.279 e. The third-order valence-corrected chi connectivity index (χ3v) is 8.42. The number of imidazole rings is 1. The largest absolute Gasteiger partial charge is 0.279 e. The molecule has 4 heteroatoms. The van der Waals surface area contributed by atoms with Crippen molar-refractivity contribution in [1.82, 2.24) is 14.4 Å². The maximum absolute atomic E-state index is 5.29. The number of benzene rings is 2. The molecular weight excluding hydrogens is 410 g/mol. The van der Waals surface area contributed by atoms with Gasteiger partial charge in [0.2, 0.25) is 0 Å². The van der Waals surface area contributed by atoms with Gasteiger partial charge in [0.15, 0.2) is 0 Å². The summed E-state index contributed by atoms with van der Waals surface area (Å²) in [5.74, 6) is 1.41. The third kappa shape index (κ3) is 2.56. The molecule has 0 amide bonds. The first kappa shape index (κ1) is 20.5. The molecule has 166 valence electrons. The first-order valence-electron chi connectivity index (χ1n) is 11.9. The fourth-order valence-electron chi connectivity index (χ4n) is 6.81. The zero-order valence-electron chi connectivity index (χ0n) is 20.2. The fraction of sp³-hybridized carbons (Fsp3) is 0.500. The van der Waals surface area contributed by atoms with Crippen LogP contribution in [0.2, 0.25) is 0 Å². The summed E-state index contributed by atoms with van der Waals surface area (Å²) >= 11 is 5.03. The van der Waals surface area contributed by atoms with Crippen molar-refractivity contribution in [3.8, 4) is 0 Å². The van der Waals surface area contributed by atoms with Gasteiger partial charge in [-0.1, -0.05) is 60.6 Å². The van der Waals surface area contributed by atoms with E-state index in [0.29, 0.717) is 5.92 Å². The summed E-state index contributed by atoms with van der Waals surface area (Å²) in [6.07, 6.45) is 2.24. The number of hydrogen-bond acceptors (Lipinski definition) is 3. The van der Waals surface area contributed by atoms with Gasteiger partial charge >= 0.3 is 0 Å². The van der Waals surface area contributed by atoms with Crippen LogP contribution in [0.5, 0.6) is 0 Å². The lowest BCUT2D eigenvalue weighted by Gasteiger charge is -2.34. The van der Waals surface area contributed by atoms with E-state index >= 15 is 0 Å². The molecule has 1 aliphatic heterocycles. The highest BCUT2D eigenvalue weighted by atomic mass is 32.1. The predicted molar refractivity (Wildman–Crippen MR) is 137 cm³/mol. The van der Waals surface area contributed by atoms with E-state index in [1.54, 1.807) is 0 Å². The Labute approximate surface area is 196 Å². The third-order valence-electron chi connectivity index (χ3n) is 8.06. The first-order valence-corrected chi connectivity index (χ1v) is 12.4. The van der Waals surface area contributed by atoms with Gasteiger partial charge in [0.25, 0.3) is 0 Å². The summed E-state index contributed by atoms with van der Waals surface area (Å²) in [6, 6.07) is 11.5. The van der Waals surface area contributed by atoms with Crippen LogP contribution in [0, 0.1) is 0 Å². The smallest absolute Gasteiger partial charge is 0.149 e. The molecule has 2 aromatic carbocycles. The zero-order valence-corrected chi connectivity index (χ0v) is 21.1. The highest BCUT2D eigenvalue weighted by Crippen LogP contribution is 2.55. The summed E-state index contributed by atoms with van der Waals surface area (Å²) in [6.45, 7) is 16.3. The minimum absolute atomic E-state index is 0.102. The van der Waals surface area contributed by atoms with Gasteiger partial charge in [-0.3, -0.25) is 4.40 Å². The van der Waals surface area contributed by atoms with E-state index in [4.69, 9.17) is 22.6 Å². The highest BCUT2D eigenvalue weighted by Gasteiger charge is 2.47. The predicted octanol–water partition coefficient (Wildman–Crippen LogP) is 7.08. The van der Waals surface area contributed by atoms with Crippen molar-refractivity contribution in [2.75, 3.05) is 0 Å². The van der Waals surface area contributed by atoms with Gasteiger partial charge in [-0.15, -0.1) is 0 Å². The summed E-state index contributed by atoms with van der Waals surface area (Å²) in [5.41, 5.74) is 8.84. The molecule has 0 radical (unpaired) electrons. The van der Waals surface area contributed by atoms with E-state index in [-0.39, 0.29) is 21.5 Å². The number of rotatable bonds is 1. The van der Waals surface area contributed by atoms with Gasteiger partial charge in [-0.05, 0) is 64.5 Å². The molecule has 1 aliphatic carbocycles. The summed E-state index contributed by atoms with van der Waals surface area (Å²) in [5, 5.41) is 1.45. The second kappa shape index (κ2) is 6.08. The Bertz CT molecular complexity index is 1440.